The molecule has 0 aliphatic carbocycles. The summed E-state index contributed by atoms with van der Waals surface area (Å²) in [5.41, 5.74) is 0. The third-order valence-electron chi connectivity index (χ3n) is 1.69. The van der Waals surface area contributed by atoms with Crippen molar-refractivity contribution in [3.63, 3.8) is 0 Å². The maximum absolute atomic E-state index is 11.2. The van der Waals surface area contributed by atoms with Crippen LogP contribution in [0.15, 0.2) is 6.20 Å². The van der Waals surface area contributed by atoms with Crippen LogP contribution < -0.4 is 5.32 Å². The van der Waals surface area contributed by atoms with Gasteiger partial charge < -0.3 is 5.32 Å². The van der Waals surface area contributed by atoms with Gasteiger partial charge in [-0.05, 0) is 13.8 Å². The Balaban J connectivity index is 2.42. The number of amides is 1. The Morgan fingerprint density at radius 3 is 3.07 bits per heavy atom. The van der Waals surface area contributed by atoms with Crippen molar-refractivity contribution < 1.29 is 4.79 Å². The van der Waals surface area contributed by atoms with Gasteiger partial charge in [0.2, 0.25) is 5.91 Å². The smallest absolute Gasteiger partial charge is 0.237 e. The van der Waals surface area contributed by atoms with E-state index in [2.05, 4.69) is 10.3 Å². The number of nitrogens with zero attached hydrogens (tertiary/aromatic N) is 2. The first-order chi connectivity index (χ1) is 6.63. The number of carbonyl (C=O) groups is 1. The Morgan fingerprint density at radius 1 is 1.86 bits per heavy atom. The number of thiazole rings is 1. The summed E-state index contributed by atoms with van der Waals surface area (Å²) in [7, 11) is 0. The van der Waals surface area contributed by atoms with Gasteiger partial charge in [0.1, 0.15) is 5.92 Å². The maximum atomic E-state index is 11.2. The summed E-state index contributed by atoms with van der Waals surface area (Å²) in [6.45, 7) is 3.94. The van der Waals surface area contributed by atoms with Gasteiger partial charge in [0, 0.05) is 11.1 Å². The lowest BCUT2D eigenvalue weighted by atomic mass is 10.2. The van der Waals surface area contributed by atoms with E-state index >= 15 is 0 Å². The van der Waals surface area contributed by atoms with Crippen LogP contribution in [-0.2, 0) is 11.3 Å². The number of rotatable bonds is 3. The fourth-order valence-electron chi connectivity index (χ4n) is 0.873. The van der Waals surface area contributed by atoms with E-state index in [0.29, 0.717) is 6.54 Å². The van der Waals surface area contributed by atoms with E-state index in [0.717, 1.165) is 9.88 Å². The number of hydrogen-bond donors (Lipinski definition) is 1. The molecule has 4 nitrogen and oxygen atoms in total. The minimum absolute atomic E-state index is 0.237. The molecule has 0 radical (unpaired) electrons. The molecule has 1 unspecified atom stereocenters. The van der Waals surface area contributed by atoms with Crippen molar-refractivity contribution in [3.8, 4) is 6.07 Å². The van der Waals surface area contributed by atoms with Crippen molar-refractivity contribution in [3.05, 3.63) is 16.1 Å². The summed E-state index contributed by atoms with van der Waals surface area (Å²) in [4.78, 5) is 16.3. The molecule has 0 saturated heterocycles. The molecular formula is C9H11N3OS. The third-order valence-corrected chi connectivity index (χ3v) is 2.61. The predicted molar refractivity (Wildman–Crippen MR) is 53.5 cm³/mol. The second-order valence-electron chi connectivity index (χ2n) is 2.91. The molecule has 0 saturated carbocycles. The molecule has 1 atom stereocenters. The molecular weight excluding hydrogens is 198 g/mol. The zero-order valence-corrected chi connectivity index (χ0v) is 8.89. The van der Waals surface area contributed by atoms with Crippen LogP contribution in [0.25, 0.3) is 0 Å². The molecule has 0 fully saturated rings. The van der Waals surface area contributed by atoms with Gasteiger partial charge in [-0.2, -0.15) is 5.26 Å². The van der Waals surface area contributed by atoms with Crippen LogP contribution in [0.4, 0.5) is 0 Å². The largest absolute Gasteiger partial charge is 0.350 e. The van der Waals surface area contributed by atoms with E-state index in [-0.39, 0.29) is 5.91 Å². The Hall–Kier alpha value is -1.41. The van der Waals surface area contributed by atoms with E-state index in [4.69, 9.17) is 5.26 Å². The third kappa shape index (κ3) is 2.82. The molecule has 0 aromatic carbocycles. The lowest BCUT2D eigenvalue weighted by molar-refractivity contribution is -0.123. The van der Waals surface area contributed by atoms with Gasteiger partial charge >= 0.3 is 0 Å². The second-order valence-corrected chi connectivity index (χ2v) is 4.23. The molecule has 1 amide bonds. The number of aryl methyl sites for hydroxylation is 1. The number of hydrogen-bond acceptors (Lipinski definition) is 4. The monoisotopic (exact) mass is 209 g/mol. The lowest BCUT2D eigenvalue weighted by Gasteiger charge is -2.03. The molecule has 0 spiro atoms. The minimum Gasteiger partial charge on any atom is -0.350 e. The summed E-state index contributed by atoms with van der Waals surface area (Å²) in [6.07, 6.45) is 1.73. The fraction of sp³-hybridized carbons (Fsp3) is 0.444. The van der Waals surface area contributed by atoms with Crippen molar-refractivity contribution in [1.82, 2.24) is 10.3 Å². The van der Waals surface area contributed by atoms with Crippen LogP contribution >= 0.6 is 11.3 Å². The van der Waals surface area contributed by atoms with Crippen LogP contribution in [0.3, 0.4) is 0 Å². The maximum Gasteiger partial charge on any atom is 0.237 e. The fourth-order valence-corrected chi connectivity index (χ4v) is 1.61. The second kappa shape index (κ2) is 4.72. The van der Waals surface area contributed by atoms with Gasteiger partial charge in [-0.3, -0.25) is 4.79 Å². The van der Waals surface area contributed by atoms with Crippen molar-refractivity contribution in [1.29, 1.82) is 5.26 Å². The molecule has 0 aliphatic heterocycles. The quantitative estimate of drug-likeness (QED) is 0.814. The standard InChI is InChI=1S/C9H11N3OS/c1-6(3-10)9(13)12-5-8-4-11-7(2)14-8/h4,6H,5H2,1-2H3,(H,12,13). The topological polar surface area (TPSA) is 65.8 Å². The first kappa shape index (κ1) is 10.7. The van der Waals surface area contributed by atoms with Crippen LogP contribution in [0.1, 0.15) is 16.8 Å². The SMILES string of the molecule is Cc1ncc(CNC(=O)C(C)C#N)s1. The van der Waals surface area contributed by atoms with Crippen LogP contribution in [0.2, 0.25) is 0 Å². The van der Waals surface area contributed by atoms with Crippen LogP contribution in [0, 0.1) is 24.2 Å². The predicted octanol–water partition coefficient (Wildman–Crippen LogP) is 1.23. The molecule has 0 aliphatic rings. The average molecular weight is 209 g/mol. The Morgan fingerprint density at radius 2 is 2.57 bits per heavy atom. The summed E-state index contributed by atoms with van der Waals surface area (Å²) >= 11 is 1.54. The van der Waals surface area contributed by atoms with E-state index < -0.39 is 5.92 Å². The van der Waals surface area contributed by atoms with Gasteiger partial charge in [0.25, 0.3) is 0 Å². The Kier molecular flexibility index (Phi) is 3.60. The number of nitriles is 1. The van der Waals surface area contributed by atoms with Gasteiger partial charge in [-0.15, -0.1) is 11.3 Å². The molecule has 74 valence electrons. The minimum atomic E-state index is -0.594. The molecule has 1 aromatic heterocycles. The Labute approximate surface area is 86.6 Å². The molecule has 1 N–H and O–H groups in total. The molecule has 14 heavy (non-hydrogen) atoms. The first-order valence-electron chi connectivity index (χ1n) is 4.22. The van der Waals surface area contributed by atoms with Crippen LogP contribution in [-0.4, -0.2) is 10.9 Å². The number of nitrogens with one attached hydrogen (secondary N) is 1. The highest BCUT2D eigenvalue weighted by atomic mass is 32.1. The van der Waals surface area contributed by atoms with Crippen molar-refractivity contribution in [2.75, 3.05) is 0 Å². The zero-order valence-electron chi connectivity index (χ0n) is 8.07. The van der Waals surface area contributed by atoms with E-state index in [1.165, 1.54) is 0 Å². The van der Waals surface area contributed by atoms with E-state index in [1.54, 1.807) is 24.5 Å². The first-order valence-corrected chi connectivity index (χ1v) is 5.03. The molecule has 0 bridgehead atoms. The Bertz CT molecular complexity index is 366. The highest BCUT2D eigenvalue weighted by molar-refractivity contribution is 7.11. The van der Waals surface area contributed by atoms with Crippen LogP contribution in [0.5, 0.6) is 0 Å². The van der Waals surface area contributed by atoms with Crippen molar-refractivity contribution >= 4 is 17.2 Å². The number of aromatic nitrogens is 1. The molecule has 1 heterocycles. The summed E-state index contributed by atoms with van der Waals surface area (Å²) in [5, 5.41) is 12.1. The summed E-state index contributed by atoms with van der Waals surface area (Å²) in [5.74, 6) is -0.831. The average Bonchev–Trinajstić information content (AvgIpc) is 2.59. The van der Waals surface area contributed by atoms with Crippen molar-refractivity contribution in [2.45, 2.75) is 20.4 Å². The van der Waals surface area contributed by atoms with Gasteiger partial charge in [0.15, 0.2) is 0 Å². The summed E-state index contributed by atoms with van der Waals surface area (Å²) < 4.78 is 0. The van der Waals surface area contributed by atoms with Gasteiger partial charge in [-0.25, -0.2) is 4.98 Å². The zero-order chi connectivity index (χ0) is 10.6. The normalized spacial score (nSPS) is 11.8. The van der Waals surface area contributed by atoms with Crippen molar-refractivity contribution in [2.24, 2.45) is 5.92 Å². The lowest BCUT2D eigenvalue weighted by Crippen LogP contribution is -2.27. The summed E-state index contributed by atoms with van der Waals surface area (Å²) in [6, 6.07) is 1.88. The van der Waals surface area contributed by atoms with Gasteiger partial charge in [-0.1, -0.05) is 0 Å². The molecule has 1 aromatic rings. The van der Waals surface area contributed by atoms with E-state index in [9.17, 15) is 4.79 Å². The number of carbonyl (C=O) groups excluding carboxylic acids is 1. The van der Waals surface area contributed by atoms with E-state index in [1.807, 2.05) is 13.0 Å². The highest BCUT2D eigenvalue weighted by Crippen LogP contribution is 2.10. The molecule has 1 rings (SSSR count). The molecule has 5 heteroatoms. The van der Waals surface area contributed by atoms with Gasteiger partial charge in [0.05, 0.1) is 17.6 Å². The highest BCUT2D eigenvalue weighted by Gasteiger charge is 2.10.